The van der Waals surface area contributed by atoms with Crippen molar-refractivity contribution in [1.82, 2.24) is 4.90 Å². The molecule has 21 heavy (non-hydrogen) atoms. The summed E-state index contributed by atoms with van der Waals surface area (Å²) in [4.78, 5) is 25.4. The van der Waals surface area contributed by atoms with Crippen LogP contribution in [0.5, 0.6) is 0 Å². The third-order valence-corrected chi connectivity index (χ3v) is 4.40. The Morgan fingerprint density at radius 1 is 1.29 bits per heavy atom. The molecule has 1 aliphatic carbocycles. The van der Waals surface area contributed by atoms with Crippen LogP contribution in [0.15, 0.2) is 16.5 Å². The second-order valence-electron chi connectivity index (χ2n) is 5.53. The van der Waals surface area contributed by atoms with Crippen molar-refractivity contribution in [2.75, 3.05) is 20.2 Å². The Morgan fingerprint density at radius 3 is 2.67 bits per heavy atom. The lowest BCUT2D eigenvalue weighted by Gasteiger charge is -2.17. The molecule has 3 atom stereocenters. The molecule has 7 heteroatoms. The van der Waals surface area contributed by atoms with Crippen molar-refractivity contribution in [1.29, 1.82) is 0 Å². The Balaban J connectivity index is 0.00000161. The van der Waals surface area contributed by atoms with Crippen LogP contribution in [0, 0.1) is 11.8 Å². The average molecular weight is 315 g/mol. The molecule has 2 aliphatic rings. The number of ether oxygens (including phenoxy) is 1. The molecular formula is C14H19ClN2O4. The summed E-state index contributed by atoms with van der Waals surface area (Å²) < 4.78 is 9.82. The molecular weight excluding hydrogens is 296 g/mol. The van der Waals surface area contributed by atoms with Gasteiger partial charge in [0.1, 0.15) is 0 Å². The maximum atomic E-state index is 12.3. The molecule has 6 nitrogen and oxygen atoms in total. The standard InChI is InChI=1S/C14H18N2O4.ClH/c1-19-14(18)12-5-4-11(20-12)13(17)16-6-8-2-3-10(15)9(8)7-16;/h4-5,8-10H,2-3,6-7,15H2,1H3;1H. The lowest BCUT2D eigenvalue weighted by Crippen LogP contribution is -2.33. The molecule has 0 spiro atoms. The number of halogens is 1. The normalized spacial score (nSPS) is 27.1. The van der Waals surface area contributed by atoms with Gasteiger partial charge in [0, 0.05) is 19.1 Å². The Labute approximate surface area is 129 Å². The van der Waals surface area contributed by atoms with Crippen molar-refractivity contribution in [2.24, 2.45) is 17.6 Å². The van der Waals surface area contributed by atoms with Gasteiger partial charge in [-0.05, 0) is 36.8 Å². The van der Waals surface area contributed by atoms with Crippen LogP contribution in [0.3, 0.4) is 0 Å². The highest BCUT2D eigenvalue weighted by Crippen LogP contribution is 2.37. The number of hydrogen-bond acceptors (Lipinski definition) is 5. The summed E-state index contributed by atoms with van der Waals surface area (Å²) in [6.07, 6.45) is 2.13. The predicted octanol–water partition coefficient (Wildman–Crippen LogP) is 1.30. The minimum Gasteiger partial charge on any atom is -0.463 e. The third kappa shape index (κ3) is 2.78. The van der Waals surface area contributed by atoms with E-state index in [2.05, 4.69) is 4.74 Å². The average Bonchev–Trinajstić information content (AvgIpc) is 3.14. The van der Waals surface area contributed by atoms with E-state index in [0.717, 1.165) is 19.4 Å². The molecule has 2 heterocycles. The SMILES string of the molecule is COC(=O)c1ccc(C(=O)N2CC3CCC(N)C3C2)o1.Cl. The number of hydrogen-bond donors (Lipinski definition) is 1. The Bertz CT molecular complexity index is 545. The van der Waals surface area contributed by atoms with Gasteiger partial charge < -0.3 is 19.8 Å². The summed E-state index contributed by atoms with van der Waals surface area (Å²) >= 11 is 0. The van der Waals surface area contributed by atoms with Crippen molar-refractivity contribution >= 4 is 24.3 Å². The molecule has 3 rings (SSSR count). The number of carbonyl (C=O) groups is 2. The van der Waals surface area contributed by atoms with Gasteiger partial charge in [0.25, 0.3) is 5.91 Å². The van der Waals surface area contributed by atoms with Gasteiger partial charge in [-0.15, -0.1) is 12.4 Å². The van der Waals surface area contributed by atoms with E-state index in [1.165, 1.54) is 19.2 Å². The van der Waals surface area contributed by atoms with Crippen molar-refractivity contribution in [3.8, 4) is 0 Å². The molecule has 1 aromatic heterocycles. The van der Waals surface area contributed by atoms with Crippen LogP contribution in [0.1, 0.15) is 34.0 Å². The molecule has 1 saturated heterocycles. The topological polar surface area (TPSA) is 85.8 Å². The van der Waals surface area contributed by atoms with Gasteiger partial charge in [-0.25, -0.2) is 4.79 Å². The maximum absolute atomic E-state index is 12.3. The zero-order valence-corrected chi connectivity index (χ0v) is 12.6. The second-order valence-corrected chi connectivity index (χ2v) is 5.53. The fourth-order valence-electron chi connectivity index (χ4n) is 3.29. The summed E-state index contributed by atoms with van der Waals surface area (Å²) in [5.41, 5.74) is 6.06. The molecule has 0 radical (unpaired) electrons. The van der Waals surface area contributed by atoms with Gasteiger partial charge in [-0.1, -0.05) is 0 Å². The van der Waals surface area contributed by atoms with Crippen LogP contribution in [-0.2, 0) is 4.74 Å². The van der Waals surface area contributed by atoms with Gasteiger partial charge in [0.2, 0.25) is 5.76 Å². The number of carbonyl (C=O) groups excluding carboxylic acids is 2. The van der Waals surface area contributed by atoms with E-state index in [1.807, 2.05) is 0 Å². The highest BCUT2D eigenvalue weighted by Gasteiger charge is 2.43. The van der Waals surface area contributed by atoms with Crippen LogP contribution in [0.2, 0.25) is 0 Å². The molecule has 1 amide bonds. The number of esters is 1. The van der Waals surface area contributed by atoms with Crippen molar-refractivity contribution in [3.05, 3.63) is 23.7 Å². The molecule has 0 aromatic carbocycles. The molecule has 0 bridgehead atoms. The van der Waals surface area contributed by atoms with Crippen LogP contribution in [-0.4, -0.2) is 43.0 Å². The first-order chi connectivity index (χ1) is 9.60. The molecule has 2 fully saturated rings. The number of furan rings is 1. The summed E-state index contributed by atoms with van der Waals surface area (Å²) in [5.74, 6) is 0.370. The molecule has 116 valence electrons. The number of rotatable bonds is 2. The first kappa shape index (κ1) is 15.9. The van der Waals surface area contributed by atoms with Crippen molar-refractivity contribution < 1.29 is 18.7 Å². The zero-order valence-electron chi connectivity index (χ0n) is 11.8. The van der Waals surface area contributed by atoms with E-state index in [-0.39, 0.29) is 35.9 Å². The predicted molar refractivity (Wildman–Crippen MR) is 77.4 cm³/mol. The first-order valence-corrected chi connectivity index (χ1v) is 6.83. The highest BCUT2D eigenvalue weighted by atomic mass is 35.5. The van der Waals surface area contributed by atoms with Crippen LogP contribution < -0.4 is 5.73 Å². The number of nitrogens with two attached hydrogens (primary N) is 1. The summed E-state index contributed by atoms with van der Waals surface area (Å²) in [7, 11) is 1.27. The van der Waals surface area contributed by atoms with Gasteiger partial charge in [0.05, 0.1) is 7.11 Å². The Morgan fingerprint density at radius 2 is 2.00 bits per heavy atom. The van der Waals surface area contributed by atoms with Gasteiger partial charge in [-0.3, -0.25) is 4.79 Å². The molecule has 3 unspecified atom stereocenters. The quantitative estimate of drug-likeness (QED) is 0.832. The summed E-state index contributed by atoms with van der Waals surface area (Å²) in [5, 5.41) is 0. The van der Waals surface area contributed by atoms with E-state index < -0.39 is 5.97 Å². The minimum atomic E-state index is -0.579. The largest absolute Gasteiger partial charge is 0.463 e. The highest BCUT2D eigenvalue weighted by molar-refractivity contribution is 5.94. The van der Waals surface area contributed by atoms with E-state index >= 15 is 0 Å². The lowest BCUT2D eigenvalue weighted by atomic mass is 9.98. The number of nitrogens with zero attached hydrogens (tertiary/aromatic N) is 1. The fourth-order valence-corrected chi connectivity index (χ4v) is 3.29. The van der Waals surface area contributed by atoms with Gasteiger partial charge in [-0.2, -0.15) is 0 Å². The van der Waals surface area contributed by atoms with Gasteiger partial charge >= 0.3 is 5.97 Å². The third-order valence-electron chi connectivity index (χ3n) is 4.40. The van der Waals surface area contributed by atoms with Crippen molar-refractivity contribution in [2.45, 2.75) is 18.9 Å². The smallest absolute Gasteiger partial charge is 0.373 e. The van der Waals surface area contributed by atoms with Crippen LogP contribution >= 0.6 is 12.4 Å². The maximum Gasteiger partial charge on any atom is 0.373 e. The monoisotopic (exact) mass is 314 g/mol. The minimum absolute atomic E-state index is 0. The number of amides is 1. The first-order valence-electron chi connectivity index (χ1n) is 6.83. The van der Waals surface area contributed by atoms with E-state index in [0.29, 0.717) is 18.4 Å². The number of likely N-dealkylation sites (tertiary alicyclic amines) is 1. The molecule has 1 saturated carbocycles. The fraction of sp³-hybridized carbons (Fsp3) is 0.571. The van der Waals surface area contributed by atoms with Crippen LogP contribution in [0.4, 0.5) is 0 Å². The van der Waals surface area contributed by atoms with Gasteiger partial charge in [0.15, 0.2) is 5.76 Å². The zero-order chi connectivity index (χ0) is 14.3. The summed E-state index contributed by atoms with van der Waals surface area (Å²) in [6, 6.07) is 3.17. The number of methoxy groups -OCH3 is 1. The molecule has 1 aliphatic heterocycles. The van der Waals surface area contributed by atoms with E-state index in [4.69, 9.17) is 10.2 Å². The van der Waals surface area contributed by atoms with E-state index in [9.17, 15) is 9.59 Å². The second kappa shape index (κ2) is 6.07. The Kier molecular flexibility index (Phi) is 4.58. The Hall–Kier alpha value is -1.53. The lowest BCUT2D eigenvalue weighted by molar-refractivity contribution is 0.0559. The van der Waals surface area contributed by atoms with E-state index in [1.54, 1.807) is 4.90 Å². The summed E-state index contributed by atoms with van der Waals surface area (Å²) in [6.45, 7) is 1.41. The molecule has 1 aromatic rings. The van der Waals surface area contributed by atoms with Crippen molar-refractivity contribution in [3.63, 3.8) is 0 Å². The van der Waals surface area contributed by atoms with Crippen LogP contribution in [0.25, 0.3) is 0 Å². The molecule has 2 N–H and O–H groups in total. The number of fused-ring (bicyclic) bond motifs is 1.